The zero-order valence-corrected chi connectivity index (χ0v) is 23.4. The molecular formula is C30H35NO10. The zero-order chi connectivity index (χ0) is 29.3. The first-order valence-corrected chi connectivity index (χ1v) is 13.5. The van der Waals surface area contributed by atoms with Crippen LogP contribution in [-0.2, 0) is 18.9 Å². The van der Waals surface area contributed by atoms with Gasteiger partial charge in [0.1, 0.15) is 40.6 Å². The summed E-state index contributed by atoms with van der Waals surface area (Å²) in [6, 6.07) is 8.17. The molecule has 11 nitrogen and oxygen atoms in total. The normalized spacial score (nSPS) is 26.7. The maximum absolute atomic E-state index is 12.9. The van der Waals surface area contributed by atoms with Gasteiger partial charge in [-0.1, -0.05) is 6.07 Å². The number of benzene rings is 1. The van der Waals surface area contributed by atoms with Gasteiger partial charge < -0.3 is 43.4 Å². The lowest BCUT2D eigenvalue weighted by molar-refractivity contribution is -0.339. The van der Waals surface area contributed by atoms with Crippen LogP contribution in [0.1, 0.15) is 49.9 Å². The third-order valence-corrected chi connectivity index (χ3v) is 7.44. The number of aryl methyl sites for hydroxylation is 1. The van der Waals surface area contributed by atoms with Gasteiger partial charge in [0.05, 0.1) is 16.7 Å². The molecule has 1 aromatic carbocycles. The fraction of sp³-hybridized carbons (Fsp3) is 0.467. The predicted octanol–water partition coefficient (Wildman–Crippen LogP) is 4.06. The standard InChI is InChI=1S/C30H35NO10/c1-16-20(38-29-26(39-21-10-6-8-14-37-21)24(34)27(36-4)30(2,3)41-29)12-11-18-23(33)22(28(35)40-25(16)18)19(32)15-17-9-5-7-13-31-17/h5,7,9,11-13,15,21,24,26-27,29,32-34H,6,8,10,14H2,1-4H3/b19-15-/t21?,24-,26+,27+,29+/m0/s1. The highest BCUT2D eigenvalue weighted by molar-refractivity contribution is 5.92. The lowest BCUT2D eigenvalue weighted by Gasteiger charge is -2.48. The molecule has 0 radical (unpaired) electrons. The summed E-state index contributed by atoms with van der Waals surface area (Å²) < 4.78 is 35.5. The van der Waals surface area contributed by atoms with Crippen LogP contribution in [0.15, 0.2) is 45.7 Å². The smallest absolute Gasteiger partial charge is 0.351 e. The van der Waals surface area contributed by atoms with Gasteiger partial charge in [-0.25, -0.2) is 4.79 Å². The number of aromatic nitrogens is 1. The van der Waals surface area contributed by atoms with E-state index >= 15 is 0 Å². The molecule has 2 aromatic heterocycles. The molecule has 2 aliphatic rings. The van der Waals surface area contributed by atoms with E-state index in [1.54, 1.807) is 45.0 Å². The van der Waals surface area contributed by atoms with Crippen LogP contribution >= 0.6 is 0 Å². The summed E-state index contributed by atoms with van der Waals surface area (Å²) >= 11 is 0. The Morgan fingerprint density at radius 2 is 2.00 bits per heavy atom. The second-order valence-electron chi connectivity index (χ2n) is 10.7. The van der Waals surface area contributed by atoms with Gasteiger partial charge in [-0.3, -0.25) is 4.98 Å². The van der Waals surface area contributed by atoms with Gasteiger partial charge in [0.15, 0.2) is 12.4 Å². The maximum Gasteiger partial charge on any atom is 0.351 e. The van der Waals surface area contributed by atoms with Crippen molar-refractivity contribution in [3.8, 4) is 11.5 Å². The van der Waals surface area contributed by atoms with Crippen molar-refractivity contribution < 1.29 is 43.4 Å². The zero-order valence-electron chi connectivity index (χ0n) is 23.4. The van der Waals surface area contributed by atoms with E-state index in [1.165, 1.54) is 25.4 Å². The molecule has 0 bridgehead atoms. The first-order chi connectivity index (χ1) is 19.6. The lowest BCUT2D eigenvalue weighted by Crippen LogP contribution is -2.65. The van der Waals surface area contributed by atoms with Crippen molar-refractivity contribution in [2.45, 2.75) is 76.5 Å². The van der Waals surface area contributed by atoms with Crippen LogP contribution < -0.4 is 10.4 Å². The molecule has 0 aliphatic carbocycles. The largest absolute Gasteiger partial charge is 0.507 e. The Balaban J connectivity index is 1.48. The Bertz CT molecular complexity index is 1460. The lowest BCUT2D eigenvalue weighted by atomic mass is 9.89. The van der Waals surface area contributed by atoms with Crippen LogP contribution in [0.3, 0.4) is 0 Å². The highest BCUT2D eigenvalue weighted by Crippen LogP contribution is 2.39. The minimum Gasteiger partial charge on any atom is -0.507 e. The van der Waals surface area contributed by atoms with Gasteiger partial charge >= 0.3 is 5.63 Å². The number of methoxy groups -OCH3 is 1. The molecule has 3 aromatic rings. The highest BCUT2D eigenvalue weighted by atomic mass is 16.7. The molecule has 2 fully saturated rings. The van der Waals surface area contributed by atoms with E-state index in [1.807, 2.05) is 0 Å². The fourth-order valence-corrected chi connectivity index (χ4v) is 5.35. The number of rotatable bonds is 7. The number of hydrogen-bond donors (Lipinski definition) is 3. The number of ether oxygens (including phenoxy) is 5. The van der Waals surface area contributed by atoms with Crippen molar-refractivity contribution in [3.05, 3.63) is 63.8 Å². The molecule has 4 heterocycles. The molecule has 2 saturated heterocycles. The summed E-state index contributed by atoms with van der Waals surface area (Å²) in [5.41, 5.74) is -1.40. The molecule has 2 aliphatic heterocycles. The van der Waals surface area contributed by atoms with Crippen molar-refractivity contribution in [2.24, 2.45) is 0 Å². The SMILES string of the molecule is CO[C@@H]1[C@@H](O)[C@@H](OC2CCCCO2)[C@H](Oc2ccc3c(O)c(/C(O)=C/c4ccccn4)c(=O)oc3c2C)OC1(C)C. The maximum atomic E-state index is 12.9. The second kappa shape index (κ2) is 11.8. The van der Waals surface area contributed by atoms with E-state index in [0.717, 1.165) is 12.8 Å². The average molecular weight is 570 g/mol. The van der Waals surface area contributed by atoms with E-state index < -0.39 is 53.6 Å². The molecule has 3 N–H and O–H groups in total. The van der Waals surface area contributed by atoms with Gasteiger partial charge in [0.2, 0.25) is 6.29 Å². The monoisotopic (exact) mass is 569 g/mol. The summed E-state index contributed by atoms with van der Waals surface area (Å²) in [4.78, 5) is 17.0. The minimum absolute atomic E-state index is 0.0675. The van der Waals surface area contributed by atoms with E-state index in [2.05, 4.69) is 4.98 Å². The molecule has 41 heavy (non-hydrogen) atoms. The Hall–Kier alpha value is -3.48. The van der Waals surface area contributed by atoms with Gasteiger partial charge in [0.25, 0.3) is 0 Å². The van der Waals surface area contributed by atoms with E-state index in [0.29, 0.717) is 24.3 Å². The first-order valence-electron chi connectivity index (χ1n) is 13.5. The first kappa shape index (κ1) is 29.0. The predicted molar refractivity (Wildman–Crippen MR) is 148 cm³/mol. The second-order valence-corrected chi connectivity index (χ2v) is 10.7. The number of aliphatic hydroxyl groups excluding tert-OH is 2. The number of aromatic hydroxyl groups is 1. The molecule has 0 saturated carbocycles. The number of nitrogens with zero attached hydrogens (tertiary/aromatic N) is 1. The Morgan fingerprint density at radius 1 is 1.20 bits per heavy atom. The molecule has 5 atom stereocenters. The topological polar surface area (TPSA) is 150 Å². The summed E-state index contributed by atoms with van der Waals surface area (Å²) in [5, 5.41) is 33.0. The van der Waals surface area contributed by atoms with Gasteiger partial charge in [-0.05, 0) is 64.3 Å². The minimum atomic E-state index is -1.10. The summed E-state index contributed by atoms with van der Waals surface area (Å²) in [5.74, 6) is -0.651. The van der Waals surface area contributed by atoms with Crippen molar-refractivity contribution in [1.82, 2.24) is 4.98 Å². The van der Waals surface area contributed by atoms with E-state index in [4.69, 9.17) is 28.1 Å². The molecule has 0 spiro atoms. The molecular weight excluding hydrogens is 534 g/mol. The molecule has 220 valence electrons. The summed E-state index contributed by atoms with van der Waals surface area (Å²) in [6.45, 7) is 5.78. The van der Waals surface area contributed by atoms with Gasteiger partial charge in [0, 0.05) is 31.6 Å². The molecule has 11 heteroatoms. The highest BCUT2D eigenvalue weighted by Gasteiger charge is 2.52. The van der Waals surface area contributed by atoms with Crippen LogP contribution in [0.5, 0.6) is 11.5 Å². The molecule has 0 amide bonds. The summed E-state index contributed by atoms with van der Waals surface area (Å²) in [7, 11) is 1.49. The fourth-order valence-electron chi connectivity index (χ4n) is 5.35. The average Bonchev–Trinajstić information content (AvgIpc) is 2.93. The van der Waals surface area contributed by atoms with Crippen LogP contribution in [0.2, 0.25) is 0 Å². The number of hydrogen-bond acceptors (Lipinski definition) is 11. The number of pyridine rings is 1. The van der Waals surface area contributed by atoms with Crippen molar-refractivity contribution in [2.75, 3.05) is 13.7 Å². The Kier molecular flexibility index (Phi) is 8.35. The van der Waals surface area contributed by atoms with E-state index in [9.17, 15) is 20.1 Å². The summed E-state index contributed by atoms with van der Waals surface area (Å²) in [6.07, 6.45) is 0.974. The van der Waals surface area contributed by atoms with Gasteiger partial charge in [-0.15, -0.1) is 0 Å². The van der Waals surface area contributed by atoms with Crippen molar-refractivity contribution >= 4 is 22.8 Å². The van der Waals surface area contributed by atoms with Crippen LogP contribution in [0.25, 0.3) is 22.8 Å². The number of aliphatic hydroxyl groups is 2. The third-order valence-electron chi connectivity index (χ3n) is 7.44. The quantitative estimate of drug-likeness (QED) is 0.279. The Morgan fingerprint density at radius 3 is 2.68 bits per heavy atom. The van der Waals surface area contributed by atoms with Crippen molar-refractivity contribution in [1.29, 1.82) is 0 Å². The molecule has 1 unspecified atom stereocenters. The van der Waals surface area contributed by atoms with Crippen molar-refractivity contribution in [3.63, 3.8) is 0 Å². The Labute approximate surface area is 236 Å². The van der Waals surface area contributed by atoms with E-state index in [-0.39, 0.29) is 22.3 Å². The van der Waals surface area contributed by atoms with Crippen LogP contribution in [-0.4, -0.2) is 70.5 Å². The molecule has 5 rings (SSSR count). The van der Waals surface area contributed by atoms with Crippen LogP contribution in [0.4, 0.5) is 0 Å². The number of fused-ring (bicyclic) bond motifs is 1. The van der Waals surface area contributed by atoms with Crippen LogP contribution in [0, 0.1) is 6.92 Å². The third kappa shape index (κ3) is 5.81. The van der Waals surface area contributed by atoms with Gasteiger partial charge in [-0.2, -0.15) is 0 Å².